The molecule has 2 N–H and O–H groups in total. The topological polar surface area (TPSA) is 67.4 Å². The molecule has 0 saturated heterocycles. The summed E-state index contributed by atoms with van der Waals surface area (Å²) in [7, 11) is 1.49. The number of carbonyl (C=O) groups is 2. The SMILES string of the molecule is COc1cc(Cl)c(C)cc1NC(=O)CC(=O)Nc1cc(C)ccc1C. The fraction of sp³-hybridized carbons (Fsp3) is 0.263. The fourth-order valence-electron chi connectivity index (χ4n) is 2.33. The molecule has 132 valence electrons. The highest BCUT2D eigenvalue weighted by atomic mass is 35.5. The number of amides is 2. The zero-order valence-electron chi connectivity index (χ0n) is 14.7. The van der Waals surface area contributed by atoms with Crippen molar-refractivity contribution in [2.45, 2.75) is 27.2 Å². The van der Waals surface area contributed by atoms with Gasteiger partial charge in [-0.05, 0) is 49.6 Å². The van der Waals surface area contributed by atoms with E-state index in [1.807, 2.05) is 39.0 Å². The summed E-state index contributed by atoms with van der Waals surface area (Å²) in [5.41, 5.74) is 3.96. The minimum absolute atomic E-state index is 0.293. The Labute approximate surface area is 152 Å². The van der Waals surface area contributed by atoms with Gasteiger partial charge in [-0.2, -0.15) is 0 Å². The Morgan fingerprint density at radius 3 is 2.24 bits per heavy atom. The summed E-state index contributed by atoms with van der Waals surface area (Å²) in [5, 5.41) is 6.00. The maximum atomic E-state index is 12.2. The molecule has 0 unspecified atom stereocenters. The Bertz CT molecular complexity index is 819. The molecule has 0 radical (unpaired) electrons. The van der Waals surface area contributed by atoms with Gasteiger partial charge in [-0.3, -0.25) is 9.59 Å². The van der Waals surface area contributed by atoms with Gasteiger partial charge in [0.25, 0.3) is 0 Å². The fourth-order valence-corrected chi connectivity index (χ4v) is 2.49. The lowest BCUT2D eigenvalue weighted by molar-refractivity contribution is -0.123. The largest absolute Gasteiger partial charge is 0.495 e. The van der Waals surface area contributed by atoms with Crippen LogP contribution in [0.3, 0.4) is 0 Å². The maximum absolute atomic E-state index is 12.2. The number of ether oxygens (including phenoxy) is 1. The molecule has 0 saturated carbocycles. The second-order valence-corrected chi connectivity index (χ2v) is 6.30. The van der Waals surface area contributed by atoms with Gasteiger partial charge in [0.15, 0.2) is 0 Å². The maximum Gasteiger partial charge on any atom is 0.233 e. The van der Waals surface area contributed by atoms with E-state index in [0.717, 1.165) is 16.7 Å². The molecule has 0 fully saturated rings. The molecule has 0 heterocycles. The van der Waals surface area contributed by atoms with Crippen molar-refractivity contribution >= 4 is 34.8 Å². The molecule has 0 bridgehead atoms. The molecular weight excluding hydrogens is 340 g/mol. The van der Waals surface area contributed by atoms with Crippen LogP contribution in [0.1, 0.15) is 23.1 Å². The van der Waals surface area contributed by atoms with Crippen LogP contribution in [0, 0.1) is 20.8 Å². The lowest BCUT2D eigenvalue weighted by atomic mass is 10.1. The minimum Gasteiger partial charge on any atom is -0.495 e. The van der Waals surface area contributed by atoms with Gasteiger partial charge < -0.3 is 15.4 Å². The van der Waals surface area contributed by atoms with E-state index in [0.29, 0.717) is 22.1 Å². The molecule has 0 atom stereocenters. The van der Waals surface area contributed by atoms with Crippen LogP contribution in [0.5, 0.6) is 5.75 Å². The van der Waals surface area contributed by atoms with Crippen molar-refractivity contribution in [1.29, 1.82) is 0 Å². The van der Waals surface area contributed by atoms with Gasteiger partial charge in [-0.1, -0.05) is 23.7 Å². The first-order chi connectivity index (χ1) is 11.8. The third-order valence-electron chi connectivity index (χ3n) is 3.74. The summed E-state index contributed by atoms with van der Waals surface area (Å²) in [6, 6.07) is 9.10. The molecule has 0 aliphatic rings. The number of halogens is 1. The third-order valence-corrected chi connectivity index (χ3v) is 4.15. The number of hydrogen-bond donors (Lipinski definition) is 2. The molecule has 6 heteroatoms. The van der Waals surface area contributed by atoms with Gasteiger partial charge in [0.2, 0.25) is 11.8 Å². The number of nitrogens with one attached hydrogen (secondary N) is 2. The van der Waals surface area contributed by atoms with E-state index in [9.17, 15) is 9.59 Å². The Morgan fingerprint density at radius 2 is 1.60 bits per heavy atom. The summed E-state index contributed by atoms with van der Waals surface area (Å²) in [6.07, 6.45) is -0.293. The molecule has 5 nitrogen and oxygen atoms in total. The molecule has 2 aromatic rings. The number of rotatable bonds is 5. The van der Waals surface area contributed by atoms with Gasteiger partial charge in [0, 0.05) is 16.8 Å². The van der Waals surface area contributed by atoms with Crippen molar-refractivity contribution in [3.05, 3.63) is 52.0 Å². The minimum atomic E-state index is -0.428. The van der Waals surface area contributed by atoms with Crippen molar-refractivity contribution in [2.75, 3.05) is 17.7 Å². The molecule has 0 spiro atoms. The number of hydrogen-bond acceptors (Lipinski definition) is 3. The highest BCUT2D eigenvalue weighted by Crippen LogP contribution is 2.31. The first-order valence-electron chi connectivity index (χ1n) is 7.81. The first kappa shape index (κ1) is 18.8. The van der Waals surface area contributed by atoms with E-state index in [2.05, 4.69) is 10.6 Å². The number of carbonyl (C=O) groups excluding carboxylic acids is 2. The Morgan fingerprint density at radius 1 is 0.960 bits per heavy atom. The van der Waals surface area contributed by atoms with E-state index < -0.39 is 5.91 Å². The van der Waals surface area contributed by atoms with Crippen LogP contribution in [0.25, 0.3) is 0 Å². The van der Waals surface area contributed by atoms with Gasteiger partial charge in [0.1, 0.15) is 12.2 Å². The summed E-state index contributed by atoms with van der Waals surface area (Å²) in [4.78, 5) is 24.3. The second kappa shape index (κ2) is 8.03. The van der Waals surface area contributed by atoms with E-state index in [1.165, 1.54) is 7.11 Å². The van der Waals surface area contributed by atoms with Crippen LogP contribution in [0.2, 0.25) is 5.02 Å². The molecule has 0 aliphatic heterocycles. The van der Waals surface area contributed by atoms with Gasteiger partial charge in [-0.25, -0.2) is 0 Å². The van der Waals surface area contributed by atoms with Crippen LogP contribution in [0.15, 0.2) is 30.3 Å². The molecule has 2 rings (SSSR count). The van der Waals surface area contributed by atoms with E-state index in [4.69, 9.17) is 16.3 Å². The number of benzene rings is 2. The van der Waals surface area contributed by atoms with E-state index in [1.54, 1.807) is 12.1 Å². The van der Waals surface area contributed by atoms with Crippen molar-refractivity contribution in [3.63, 3.8) is 0 Å². The number of methoxy groups -OCH3 is 1. The van der Waals surface area contributed by atoms with Gasteiger partial charge in [-0.15, -0.1) is 0 Å². The molecule has 2 amide bonds. The van der Waals surface area contributed by atoms with Crippen LogP contribution < -0.4 is 15.4 Å². The van der Waals surface area contributed by atoms with Crippen LogP contribution in [0.4, 0.5) is 11.4 Å². The normalized spacial score (nSPS) is 10.3. The van der Waals surface area contributed by atoms with Gasteiger partial charge in [0.05, 0.1) is 12.8 Å². The van der Waals surface area contributed by atoms with E-state index in [-0.39, 0.29) is 12.3 Å². The summed E-state index contributed by atoms with van der Waals surface area (Å²) >= 11 is 6.05. The van der Waals surface area contributed by atoms with Crippen molar-refractivity contribution in [2.24, 2.45) is 0 Å². The standard InChI is InChI=1S/C19H21ClN2O3/c1-11-5-6-12(2)15(7-11)21-18(23)10-19(24)22-16-8-13(3)14(20)9-17(16)25-4/h5-9H,10H2,1-4H3,(H,21,23)(H,22,24). The van der Waals surface area contributed by atoms with Crippen LogP contribution >= 0.6 is 11.6 Å². The Balaban J connectivity index is 2.04. The average Bonchev–Trinajstić information content (AvgIpc) is 2.54. The highest BCUT2D eigenvalue weighted by molar-refractivity contribution is 6.31. The predicted molar refractivity (Wildman–Crippen MR) is 101 cm³/mol. The summed E-state index contributed by atoms with van der Waals surface area (Å²) in [6.45, 7) is 5.66. The van der Waals surface area contributed by atoms with Crippen LogP contribution in [-0.2, 0) is 9.59 Å². The smallest absolute Gasteiger partial charge is 0.233 e. The average molecular weight is 361 g/mol. The summed E-state index contributed by atoms with van der Waals surface area (Å²) < 4.78 is 5.21. The van der Waals surface area contributed by atoms with Gasteiger partial charge >= 0.3 is 0 Å². The quantitative estimate of drug-likeness (QED) is 0.783. The van der Waals surface area contributed by atoms with Crippen molar-refractivity contribution < 1.29 is 14.3 Å². The Hall–Kier alpha value is -2.53. The highest BCUT2D eigenvalue weighted by Gasteiger charge is 2.14. The lowest BCUT2D eigenvalue weighted by Crippen LogP contribution is -2.22. The van der Waals surface area contributed by atoms with Crippen LogP contribution in [-0.4, -0.2) is 18.9 Å². The van der Waals surface area contributed by atoms with Crippen molar-refractivity contribution in [1.82, 2.24) is 0 Å². The zero-order chi connectivity index (χ0) is 18.6. The summed E-state index contributed by atoms with van der Waals surface area (Å²) in [5.74, 6) is -0.363. The molecule has 2 aromatic carbocycles. The molecule has 25 heavy (non-hydrogen) atoms. The first-order valence-corrected chi connectivity index (χ1v) is 8.19. The second-order valence-electron chi connectivity index (χ2n) is 5.89. The monoisotopic (exact) mass is 360 g/mol. The third kappa shape index (κ3) is 4.97. The van der Waals surface area contributed by atoms with E-state index >= 15 is 0 Å². The molecule has 0 aromatic heterocycles. The zero-order valence-corrected chi connectivity index (χ0v) is 15.5. The predicted octanol–water partition coefficient (Wildman–Crippen LogP) is 4.24. The molecular formula is C19H21ClN2O3. The molecule has 0 aliphatic carbocycles. The number of anilines is 2. The number of aryl methyl sites for hydroxylation is 3. The lowest BCUT2D eigenvalue weighted by Gasteiger charge is -2.13. The Kier molecular flexibility index (Phi) is 6.04. The van der Waals surface area contributed by atoms with Crippen molar-refractivity contribution in [3.8, 4) is 5.75 Å².